The van der Waals surface area contributed by atoms with Crippen molar-refractivity contribution >= 4 is 17.3 Å². The van der Waals surface area contributed by atoms with Gasteiger partial charge in [0.05, 0.1) is 30.3 Å². The van der Waals surface area contributed by atoms with Crippen LogP contribution in [0.1, 0.15) is 16.8 Å². The molecule has 0 spiro atoms. The molecule has 0 atom stereocenters. The Labute approximate surface area is 166 Å². The Kier molecular flexibility index (Phi) is 4.82. The molecule has 0 fully saturated rings. The van der Waals surface area contributed by atoms with Crippen LogP contribution < -0.4 is 15.2 Å². The van der Waals surface area contributed by atoms with Crippen molar-refractivity contribution in [2.45, 2.75) is 19.1 Å². The predicted octanol–water partition coefficient (Wildman–Crippen LogP) is 2.98. The quantitative estimate of drug-likeness (QED) is 0.690. The zero-order valence-corrected chi connectivity index (χ0v) is 15.3. The van der Waals surface area contributed by atoms with Gasteiger partial charge in [-0.2, -0.15) is 18.3 Å². The van der Waals surface area contributed by atoms with Crippen molar-refractivity contribution in [2.24, 2.45) is 0 Å². The highest BCUT2D eigenvalue weighted by Crippen LogP contribution is 2.38. The molecule has 3 aromatic rings. The van der Waals surface area contributed by atoms with E-state index in [9.17, 15) is 18.0 Å². The number of fused-ring (bicyclic) bond motifs is 1. The highest BCUT2D eigenvalue weighted by molar-refractivity contribution is 6.32. The van der Waals surface area contributed by atoms with E-state index in [1.54, 1.807) is 4.90 Å². The van der Waals surface area contributed by atoms with Crippen molar-refractivity contribution in [1.82, 2.24) is 25.1 Å². The smallest absolute Gasteiger partial charge is 0.420 e. The number of alkyl halides is 3. The Morgan fingerprint density at radius 3 is 2.86 bits per heavy atom. The number of hydrogen-bond acceptors (Lipinski definition) is 7. The average Bonchev–Trinajstić information content (AvgIpc) is 2.69. The molecule has 1 aliphatic heterocycles. The lowest BCUT2D eigenvalue weighted by Crippen LogP contribution is -2.33. The van der Waals surface area contributed by atoms with Gasteiger partial charge >= 0.3 is 6.18 Å². The summed E-state index contributed by atoms with van der Waals surface area (Å²) in [6.45, 7) is 0.680. The maximum atomic E-state index is 13.2. The summed E-state index contributed by atoms with van der Waals surface area (Å²) < 4.78 is 45.1. The van der Waals surface area contributed by atoms with Gasteiger partial charge in [0.1, 0.15) is 16.9 Å². The lowest BCUT2D eigenvalue weighted by Gasteiger charge is -2.30. The molecule has 4 rings (SSSR count). The fraction of sp³-hybridized carbons (Fsp3) is 0.235. The zero-order chi connectivity index (χ0) is 20.6. The minimum atomic E-state index is -4.59. The van der Waals surface area contributed by atoms with Crippen LogP contribution >= 0.6 is 11.6 Å². The summed E-state index contributed by atoms with van der Waals surface area (Å²) in [6.07, 6.45) is 0.455. The fourth-order valence-corrected chi connectivity index (χ4v) is 3.22. The number of nitrogens with zero attached hydrogens (tertiary/aromatic N) is 5. The maximum absolute atomic E-state index is 13.2. The van der Waals surface area contributed by atoms with Gasteiger partial charge in [-0.1, -0.05) is 11.6 Å². The summed E-state index contributed by atoms with van der Waals surface area (Å²) >= 11 is 6.06. The van der Waals surface area contributed by atoms with Gasteiger partial charge in [-0.05, 0) is 12.5 Å². The van der Waals surface area contributed by atoms with Crippen molar-refractivity contribution in [2.75, 3.05) is 11.4 Å². The molecule has 0 aromatic carbocycles. The second-order valence-electron chi connectivity index (χ2n) is 6.15. The Hall–Kier alpha value is -3.21. The zero-order valence-electron chi connectivity index (χ0n) is 14.6. The van der Waals surface area contributed by atoms with Gasteiger partial charge in [0, 0.05) is 18.3 Å². The van der Waals surface area contributed by atoms with Gasteiger partial charge in [-0.25, -0.2) is 15.1 Å². The molecule has 1 aliphatic rings. The van der Waals surface area contributed by atoms with Crippen molar-refractivity contribution in [3.8, 4) is 11.6 Å². The van der Waals surface area contributed by atoms with Crippen LogP contribution in [0.5, 0.6) is 11.6 Å². The number of aromatic amines is 1. The van der Waals surface area contributed by atoms with Crippen LogP contribution in [-0.2, 0) is 19.1 Å². The second kappa shape index (κ2) is 7.32. The minimum absolute atomic E-state index is 0.000779. The van der Waals surface area contributed by atoms with E-state index >= 15 is 0 Å². The summed E-state index contributed by atoms with van der Waals surface area (Å²) in [7, 11) is 0. The largest absolute Gasteiger partial charge is 0.436 e. The van der Waals surface area contributed by atoms with Crippen LogP contribution in [0.25, 0.3) is 0 Å². The first-order chi connectivity index (χ1) is 13.8. The number of H-pyrrole nitrogens is 1. The number of pyridine rings is 1. The first-order valence-corrected chi connectivity index (χ1v) is 8.72. The van der Waals surface area contributed by atoms with E-state index in [0.717, 1.165) is 18.5 Å². The molecule has 0 amide bonds. The third-order valence-electron chi connectivity index (χ3n) is 4.38. The summed E-state index contributed by atoms with van der Waals surface area (Å²) in [5, 5.41) is 5.99. The average molecular weight is 425 g/mol. The topological polar surface area (TPSA) is 96.9 Å². The van der Waals surface area contributed by atoms with Gasteiger partial charge in [0.2, 0.25) is 5.88 Å². The second-order valence-corrected chi connectivity index (χ2v) is 6.52. The van der Waals surface area contributed by atoms with Crippen LogP contribution in [0.4, 0.5) is 18.9 Å². The van der Waals surface area contributed by atoms with Crippen molar-refractivity contribution in [3.63, 3.8) is 0 Å². The Morgan fingerprint density at radius 1 is 1.24 bits per heavy atom. The molecule has 12 heteroatoms. The van der Waals surface area contributed by atoms with E-state index in [2.05, 4.69) is 25.1 Å². The highest BCUT2D eigenvalue weighted by atomic mass is 35.5. The van der Waals surface area contributed by atoms with Crippen LogP contribution in [0.2, 0.25) is 5.02 Å². The molecule has 150 valence electrons. The van der Waals surface area contributed by atoms with Crippen LogP contribution in [0.15, 0.2) is 35.8 Å². The number of halogens is 4. The van der Waals surface area contributed by atoms with Gasteiger partial charge in [0.15, 0.2) is 5.75 Å². The summed E-state index contributed by atoms with van der Waals surface area (Å²) in [6, 6.07) is 0.840. The monoisotopic (exact) mass is 424 g/mol. The van der Waals surface area contributed by atoms with Gasteiger partial charge in [0.25, 0.3) is 5.56 Å². The molecular formula is C17H12ClF3N6O2. The first-order valence-electron chi connectivity index (χ1n) is 8.34. The van der Waals surface area contributed by atoms with E-state index < -0.39 is 23.0 Å². The molecular weight excluding hydrogens is 413 g/mol. The van der Waals surface area contributed by atoms with Gasteiger partial charge in [-0.3, -0.25) is 9.78 Å². The molecule has 0 saturated heterocycles. The molecule has 0 saturated carbocycles. The minimum Gasteiger partial charge on any atom is -0.436 e. The summed E-state index contributed by atoms with van der Waals surface area (Å²) in [5.74, 6) is -0.409. The normalized spacial score (nSPS) is 13.9. The number of nitrogens with one attached hydrogen (secondary N) is 1. The number of hydrogen-bond donors (Lipinski definition) is 1. The number of aromatic nitrogens is 5. The molecule has 1 N–H and O–H groups in total. The molecule has 0 radical (unpaired) electrons. The van der Waals surface area contributed by atoms with Crippen LogP contribution in [0, 0.1) is 0 Å². The van der Waals surface area contributed by atoms with Gasteiger partial charge in [-0.15, -0.1) is 0 Å². The Morgan fingerprint density at radius 2 is 2.07 bits per heavy atom. The molecule has 0 unspecified atom stereocenters. The lowest BCUT2D eigenvalue weighted by atomic mass is 10.1. The Bertz CT molecular complexity index is 1120. The van der Waals surface area contributed by atoms with Crippen molar-refractivity contribution in [3.05, 3.63) is 63.2 Å². The number of rotatable bonds is 3. The van der Waals surface area contributed by atoms with Crippen LogP contribution in [-0.4, -0.2) is 31.7 Å². The Balaban J connectivity index is 1.65. The van der Waals surface area contributed by atoms with E-state index in [1.807, 2.05) is 0 Å². The number of ether oxygens (including phenoxy) is 1. The van der Waals surface area contributed by atoms with Gasteiger partial charge < -0.3 is 9.64 Å². The first kappa shape index (κ1) is 19.1. The third-order valence-corrected chi connectivity index (χ3v) is 4.75. The van der Waals surface area contributed by atoms with Crippen molar-refractivity contribution in [1.29, 1.82) is 0 Å². The summed E-state index contributed by atoms with van der Waals surface area (Å²) in [5.41, 5.74) is 0.107. The summed E-state index contributed by atoms with van der Waals surface area (Å²) in [4.78, 5) is 25.4. The molecule has 0 aliphatic carbocycles. The SMILES string of the molecule is O=c1[nH]ncc(N2CCc3c(ncnc3Oc3cnccc3C(F)(F)F)C2)c1Cl. The fourth-order valence-electron chi connectivity index (χ4n) is 3.01. The standard InChI is InChI=1S/C17H12ClF3N6O2/c18-14-12(5-25-26-15(14)28)27-4-2-9-11(7-27)23-8-24-16(9)29-13-6-22-3-1-10(13)17(19,20)21/h1,3,5-6,8H,2,4,7H2,(H,26,28). The van der Waals surface area contributed by atoms with E-state index in [1.165, 1.54) is 12.5 Å². The molecule has 8 nitrogen and oxygen atoms in total. The van der Waals surface area contributed by atoms with E-state index in [4.69, 9.17) is 16.3 Å². The predicted molar refractivity (Wildman–Crippen MR) is 96.0 cm³/mol. The number of anilines is 1. The molecule has 3 aromatic heterocycles. The third kappa shape index (κ3) is 3.73. The highest BCUT2D eigenvalue weighted by Gasteiger charge is 2.35. The van der Waals surface area contributed by atoms with Crippen LogP contribution in [0.3, 0.4) is 0 Å². The molecule has 29 heavy (non-hydrogen) atoms. The van der Waals surface area contributed by atoms with Crippen molar-refractivity contribution < 1.29 is 17.9 Å². The van der Waals surface area contributed by atoms with E-state index in [0.29, 0.717) is 29.9 Å². The molecule has 4 heterocycles. The molecule has 0 bridgehead atoms. The lowest BCUT2D eigenvalue weighted by molar-refractivity contribution is -0.138. The maximum Gasteiger partial charge on any atom is 0.420 e. The van der Waals surface area contributed by atoms with E-state index in [-0.39, 0.29) is 17.4 Å².